The van der Waals surface area contributed by atoms with Crippen molar-refractivity contribution in [3.63, 3.8) is 0 Å². The minimum absolute atomic E-state index is 0.338. The summed E-state index contributed by atoms with van der Waals surface area (Å²) in [6, 6.07) is 12.0. The molecule has 3 heteroatoms. The molecular formula is C16H26N2O. The van der Waals surface area contributed by atoms with Gasteiger partial charge in [0.2, 0.25) is 0 Å². The third-order valence-corrected chi connectivity index (χ3v) is 4.32. The monoisotopic (exact) mass is 262 g/mol. The molecule has 0 amide bonds. The summed E-state index contributed by atoms with van der Waals surface area (Å²) in [5.74, 6) is 0. The van der Waals surface area contributed by atoms with Gasteiger partial charge in [0.25, 0.3) is 0 Å². The van der Waals surface area contributed by atoms with E-state index in [1.165, 1.54) is 18.4 Å². The van der Waals surface area contributed by atoms with Crippen LogP contribution in [0.4, 0.5) is 0 Å². The van der Waals surface area contributed by atoms with Gasteiger partial charge >= 0.3 is 0 Å². The summed E-state index contributed by atoms with van der Waals surface area (Å²) in [4.78, 5) is 2.48. The number of nitrogens with two attached hydrogens (primary N) is 1. The molecule has 1 unspecified atom stereocenters. The smallest absolute Gasteiger partial charge is 0.0659 e. The molecule has 0 saturated heterocycles. The van der Waals surface area contributed by atoms with Crippen LogP contribution in [0.25, 0.3) is 0 Å². The zero-order valence-electron chi connectivity index (χ0n) is 12.1. The maximum atomic E-state index is 6.00. The Hall–Kier alpha value is -0.900. The SMILES string of the molecule is COCC(c1ccccc1)N(C)C1CCC(N)CC1. The Morgan fingerprint density at radius 1 is 1.21 bits per heavy atom. The number of hydrogen-bond donors (Lipinski definition) is 1. The first kappa shape index (κ1) is 14.5. The summed E-state index contributed by atoms with van der Waals surface area (Å²) in [5, 5.41) is 0. The van der Waals surface area contributed by atoms with Gasteiger partial charge in [0, 0.05) is 19.2 Å². The molecular weight excluding hydrogens is 236 g/mol. The Labute approximate surface area is 116 Å². The first-order chi connectivity index (χ1) is 9.22. The molecule has 106 valence electrons. The Morgan fingerprint density at radius 3 is 2.42 bits per heavy atom. The predicted octanol–water partition coefficient (Wildman–Crippen LogP) is 2.58. The maximum Gasteiger partial charge on any atom is 0.0659 e. The zero-order chi connectivity index (χ0) is 13.7. The Bertz CT molecular complexity index is 360. The lowest BCUT2D eigenvalue weighted by Gasteiger charge is -2.38. The van der Waals surface area contributed by atoms with Crippen molar-refractivity contribution in [2.24, 2.45) is 5.73 Å². The molecule has 0 aromatic heterocycles. The molecule has 19 heavy (non-hydrogen) atoms. The molecule has 1 aliphatic carbocycles. The highest BCUT2D eigenvalue weighted by molar-refractivity contribution is 5.19. The van der Waals surface area contributed by atoms with Crippen LogP contribution in [-0.4, -0.2) is 37.7 Å². The van der Waals surface area contributed by atoms with Gasteiger partial charge in [-0.3, -0.25) is 4.90 Å². The fraction of sp³-hybridized carbons (Fsp3) is 0.625. The Kier molecular flexibility index (Phi) is 5.37. The number of benzene rings is 1. The predicted molar refractivity (Wildman–Crippen MR) is 79.1 cm³/mol. The average molecular weight is 262 g/mol. The molecule has 0 spiro atoms. The third kappa shape index (κ3) is 3.78. The van der Waals surface area contributed by atoms with Gasteiger partial charge in [-0.05, 0) is 38.3 Å². The number of ether oxygens (including phenoxy) is 1. The van der Waals surface area contributed by atoms with Gasteiger partial charge in [-0.15, -0.1) is 0 Å². The van der Waals surface area contributed by atoms with Gasteiger partial charge in [-0.1, -0.05) is 30.3 Å². The number of likely N-dealkylation sites (N-methyl/N-ethyl adjacent to an activating group) is 1. The normalized spacial score (nSPS) is 25.5. The van der Waals surface area contributed by atoms with Gasteiger partial charge < -0.3 is 10.5 Å². The highest BCUT2D eigenvalue weighted by Gasteiger charge is 2.27. The Balaban J connectivity index is 2.06. The minimum Gasteiger partial charge on any atom is -0.383 e. The summed E-state index contributed by atoms with van der Waals surface area (Å²) in [5.41, 5.74) is 7.33. The van der Waals surface area contributed by atoms with Crippen LogP contribution in [0.1, 0.15) is 37.3 Å². The summed E-state index contributed by atoms with van der Waals surface area (Å²) < 4.78 is 5.43. The van der Waals surface area contributed by atoms with E-state index in [4.69, 9.17) is 10.5 Å². The van der Waals surface area contributed by atoms with Crippen molar-refractivity contribution >= 4 is 0 Å². The summed E-state index contributed by atoms with van der Waals surface area (Å²) in [6.07, 6.45) is 4.68. The molecule has 3 nitrogen and oxygen atoms in total. The third-order valence-electron chi connectivity index (χ3n) is 4.32. The molecule has 0 heterocycles. The van der Waals surface area contributed by atoms with Crippen LogP contribution in [0.3, 0.4) is 0 Å². The zero-order valence-corrected chi connectivity index (χ0v) is 12.1. The van der Waals surface area contributed by atoms with E-state index in [1.54, 1.807) is 7.11 Å². The van der Waals surface area contributed by atoms with Crippen molar-refractivity contribution in [2.75, 3.05) is 20.8 Å². The van der Waals surface area contributed by atoms with Gasteiger partial charge in [0.15, 0.2) is 0 Å². The fourth-order valence-corrected chi connectivity index (χ4v) is 3.05. The lowest BCUT2D eigenvalue weighted by Crippen LogP contribution is -2.41. The van der Waals surface area contributed by atoms with Crippen molar-refractivity contribution in [3.8, 4) is 0 Å². The highest BCUT2D eigenvalue weighted by atomic mass is 16.5. The molecule has 2 rings (SSSR count). The summed E-state index contributed by atoms with van der Waals surface area (Å²) in [6.45, 7) is 0.739. The van der Waals surface area contributed by atoms with Gasteiger partial charge in [0.1, 0.15) is 0 Å². The molecule has 0 aliphatic heterocycles. The second-order valence-corrected chi connectivity index (χ2v) is 5.62. The van der Waals surface area contributed by atoms with Crippen LogP contribution in [0.15, 0.2) is 30.3 Å². The van der Waals surface area contributed by atoms with Crippen LogP contribution in [0, 0.1) is 0 Å². The van der Waals surface area contributed by atoms with E-state index in [0.29, 0.717) is 18.1 Å². The van der Waals surface area contributed by atoms with E-state index < -0.39 is 0 Å². The lowest BCUT2D eigenvalue weighted by atomic mass is 9.89. The second kappa shape index (κ2) is 7.04. The van der Waals surface area contributed by atoms with Crippen LogP contribution in [-0.2, 0) is 4.74 Å². The minimum atomic E-state index is 0.338. The highest BCUT2D eigenvalue weighted by Crippen LogP contribution is 2.28. The quantitative estimate of drug-likeness (QED) is 0.886. The molecule has 1 atom stereocenters. The number of rotatable bonds is 5. The molecule has 1 fully saturated rings. The summed E-state index contributed by atoms with van der Waals surface area (Å²) >= 11 is 0. The molecule has 2 N–H and O–H groups in total. The van der Waals surface area contributed by atoms with Crippen molar-refractivity contribution in [1.29, 1.82) is 0 Å². The van der Waals surface area contributed by atoms with E-state index in [-0.39, 0.29) is 0 Å². The van der Waals surface area contributed by atoms with Crippen LogP contribution < -0.4 is 5.73 Å². The Morgan fingerprint density at radius 2 is 1.84 bits per heavy atom. The van der Waals surface area contributed by atoms with Crippen molar-refractivity contribution in [3.05, 3.63) is 35.9 Å². The largest absolute Gasteiger partial charge is 0.383 e. The molecule has 0 bridgehead atoms. The molecule has 1 aromatic carbocycles. The van der Waals surface area contributed by atoms with Crippen molar-refractivity contribution < 1.29 is 4.74 Å². The second-order valence-electron chi connectivity index (χ2n) is 5.62. The van der Waals surface area contributed by atoms with E-state index in [1.807, 2.05) is 0 Å². The maximum absolute atomic E-state index is 6.00. The average Bonchev–Trinajstić information content (AvgIpc) is 2.46. The van der Waals surface area contributed by atoms with Gasteiger partial charge in [0.05, 0.1) is 12.6 Å². The number of hydrogen-bond acceptors (Lipinski definition) is 3. The lowest BCUT2D eigenvalue weighted by molar-refractivity contribution is 0.0643. The number of nitrogens with zero attached hydrogens (tertiary/aromatic N) is 1. The molecule has 1 aromatic rings. The van der Waals surface area contributed by atoms with Gasteiger partial charge in [-0.25, -0.2) is 0 Å². The molecule has 1 saturated carbocycles. The van der Waals surface area contributed by atoms with Crippen LogP contribution in [0.2, 0.25) is 0 Å². The van der Waals surface area contributed by atoms with Crippen molar-refractivity contribution in [1.82, 2.24) is 4.90 Å². The van der Waals surface area contributed by atoms with E-state index in [9.17, 15) is 0 Å². The fourth-order valence-electron chi connectivity index (χ4n) is 3.05. The van der Waals surface area contributed by atoms with Crippen LogP contribution in [0.5, 0.6) is 0 Å². The topological polar surface area (TPSA) is 38.5 Å². The van der Waals surface area contributed by atoms with Gasteiger partial charge in [-0.2, -0.15) is 0 Å². The first-order valence-electron chi connectivity index (χ1n) is 7.23. The molecule has 1 aliphatic rings. The van der Waals surface area contributed by atoms with E-state index in [0.717, 1.165) is 19.4 Å². The standard InChI is InChI=1S/C16H26N2O/c1-18(15-10-8-14(17)9-11-15)16(12-19-2)13-6-4-3-5-7-13/h3-7,14-16H,8-12,17H2,1-2H3. The first-order valence-corrected chi connectivity index (χ1v) is 7.23. The summed E-state index contributed by atoms with van der Waals surface area (Å²) in [7, 11) is 4.00. The number of methoxy groups -OCH3 is 1. The van der Waals surface area contributed by atoms with E-state index >= 15 is 0 Å². The van der Waals surface area contributed by atoms with Crippen molar-refractivity contribution in [2.45, 2.75) is 43.8 Å². The molecule has 0 radical (unpaired) electrons. The van der Waals surface area contributed by atoms with Crippen LogP contribution >= 0.6 is 0 Å². The van der Waals surface area contributed by atoms with E-state index in [2.05, 4.69) is 42.3 Å².